The molecule has 8 nitrogen and oxygen atoms in total. The lowest BCUT2D eigenvalue weighted by Gasteiger charge is -2.37. The Bertz CT molecular complexity index is 989. The summed E-state index contributed by atoms with van der Waals surface area (Å²) >= 11 is 0. The minimum atomic E-state index is -0.0411. The second-order valence-electron chi connectivity index (χ2n) is 7.24. The zero-order valence-electron chi connectivity index (χ0n) is 16.9. The predicted octanol–water partition coefficient (Wildman–Crippen LogP) is 2.72. The van der Waals surface area contributed by atoms with Crippen molar-refractivity contribution in [2.24, 2.45) is 0 Å². The fourth-order valence-corrected chi connectivity index (χ4v) is 3.54. The average Bonchev–Trinajstić information content (AvgIpc) is 2.79. The van der Waals surface area contributed by atoms with Gasteiger partial charge in [0.1, 0.15) is 0 Å². The maximum absolute atomic E-state index is 12.7. The highest BCUT2D eigenvalue weighted by Gasteiger charge is 2.27. The van der Waals surface area contributed by atoms with E-state index in [2.05, 4.69) is 32.1 Å². The molecule has 4 rings (SSSR count). The molecule has 1 fully saturated rings. The zero-order chi connectivity index (χ0) is 20.9. The minimum absolute atomic E-state index is 0.0411. The molecular weight excluding hydrogens is 378 g/mol. The van der Waals surface area contributed by atoms with Gasteiger partial charge in [-0.25, -0.2) is 0 Å². The van der Waals surface area contributed by atoms with E-state index in [1.54, 1.807) is 0 Å². The molecular formula is C22H25N7O. The monoisotopic (exact) mass is 403 g/mol. The lowest BCUT2D eigenvalue weighted by molar-refractivity contribution is 0.0575. The van der Waals surface area contributed by atoms with Crippen LogP contribution in [0.2, 0.25) is 0 Å². The molecule has 0 saturated carbocycles. The number of hydrogen-bond donors (Lipinski definition) is 2. The molecule has 1 aliphatic heterocycles. The number of anilines is 3. The molecule has 1 amide bonds. The van der Waals surface area contributed by atoms with Crippen molar-refractivity contribution in [2.75, 3.05) is 37.2 Å². The van der Waals surface area contributed by atoms with Gasteiger partial charge in [-0.2, -0.15) is 15.0 Å². The topological polar surface area (TPSA) is 100 Å². The van der Waals surface area contributed by atoms with Crippen LogP contribution in [-0.4, -0.2) is 56.8 Å². The lowest BCUT2D eigenvalue weighted by Crippen LogP contribution is -2.49. The standard InChI is InChI=1S/C22H25N7O/c1-16(19-25-21(23)27-22(26-19)24-18-10-6-3-7-11-18)28-12-14-29(15-13-28)20(30)17-8-4-2-5-9-17/h2-11,16H,12-15H2,1H3,(H3,23,24,25,26,27). The van der Waals surface area contributed by atoms with E-state index in [0.717, 1.165) is 24.3 Å². The quantitative estimate of drug-likeness (QED) is 0.675. The Labute approximate surface area is 175 Å². The van der Waals surface area contributed by atoms with Gasteiger partial charge < -0.3 is 16.0 Å². The van der Waals surface area contributed by atoms with Crippen molar-refractivity contribution in [3.05, 3.63) is 72.1 Å². The first-order valence-electron chi connectivity index (χ1n) is 10.0. The number of nitrogens with two attached hydrogens (primary N) is 1. The van der Waals surface area contributed by atoms with E-state index < -0.39 is 0 Å². The van der Waals surface area contributed by atoms with Gasteiger partial charge in [-0.05, 0) is 31.2 Å². The number of aromatic nitrogens is 3. The molecule has 30 heavy (non-hydrogen) atoms. The molecule has 0 aliphatic carbocycles. The molecule has 1 atom stereocenters. The Kier molecular flexibility index (Phi) is 5.85. The Balaban J connectivity index is 1.41. The van der Waals surface area contributed by atoms with Gasteiger partial charge >= 0.3 is 0 Å². The van der Waals surface area contributed by atoms with Crippen LogP contribution in [0.5, 0.6) is 0 Å². The van der Waals surface area contributed by atoms with Crippen LogP contribution >= 0.6 is 0 Å². The lowest BCUT2D eigenvalue weighted by atomic mass is 10.1. The highest BCUT2D eigenvalue weighted by molar-refractivity contribution is 5.94. The van der Waals surface area contributed by atoms with Gasteiger partial charge in [0.25, 0.3) is 5.91 Å². The molecule has 0 radical (unpaired) electrons. The number of hydrogen-bond acceptors (Lipinski definition) is 7. The minimum Gasteiger partial charge on any atom is -0.368 e. The van der Waals surface area contributed by atoms with Crippen molar-refractivity contribution >= 4 is 23.5 Å². The van der Waals surface area contributed by atoms with Gasteiger partial charge in [-0.1, -0.05) is 36.4 Å². The van der Waals surface area contributed by atoms with Crippen LogP contribution in [0.4, 0.5) is 17.6 Å². The third kappa shape index (κ3) is 4.55. The van der Waals surface area contributed by atoms with E-state index >= 15 is 0 Å². The Morgan fingerprint density at radius 3 is 2.23 bits per heavy atom. The first-order valence-corrected chi connectivity index (χ1v) is 10.0. The van der Waals surface area contributed by atoms with Crippen molar-refractivity contribution in [3.8, 4) is 0 Å². The summed E-state index contributed by atoms with van der Waals surface area (Å²) in [5.74, 6) is 1.29. The molecule has 1 saturated heterocycles. The molecule has 1 aliphatic rings. The van der Waals surface area contributed by atoms with E-state index in [9.17, 15) is 4.79 Å². The van der Waals surface area contributed by atoms with Gasteiger partial charge in [0.2, 0.25) is 11.9 Å². The number of benzene rings is 2. The molecule has 1 unspecified atom stereocenters. The second kappa shape index (κ2) is 8.87. The number of nitrogens with zero attached hydrogens (tertiary/aromatic N) is 5. The summed E-state index contributed by atoms with van der Waals surface area (Å²) in [5, 5.41) is 3.17. The Hall–Kier alpha value is -3.52. The van der Waals surface area contributed by atoms with E-state index in [-0.39, 0.29) is 17.9 Å². The maximum atomic E-state index is 12.7. The molecule has 0 bridgehead atoms. The molecule has 2 aromatic carbocycles. The number of carbonyl (C=O) groups excluding carboxylic acids is 1. The van der Waals surface area contributed by atoms with Crippen LogP contribution in [0.3, 0.4) is 0 Å². The third-order valence-electron chi connectivity index (χ3n) is 5.24. The van der Waals surface area contributed by atoms with Crippen molar-refractivity contribution in [3.63, 3.8) is 0 Å². The second-order valence-corrected chi connectivity index (χ2v) is 7.24. The van der Waals surface area contributed by atoms with Crippen LogP contribution in [0, 0.1) is 0 Å². The van der Waals surface area contributed by atoms with Crippen molar-refractivity contribution in [1.82, 2.24) is 24.8 Å². The van der Waals surface area contributed by atoms with Crippen molar-refractivity contribution in [2.45, 2.75) is 13.0 Å². The number of para-hydroxylation sites is 1. The summed E-state index contributed by atoms with van der Waals surface area (Å²) in [4.78, 5) is 29.9. The summed E-state index contributed by atoms with van der Waals surface area (Å²) in [6.45, 7) is 4.86. The number of carbonyl (C=O) groups is 1. The molecule has 0 spiro atoms. The SMILES string of the molecule is CC(c1nc(N)nc(Nc2ccccc2)n1)N1CCN(C(=O)c2ccccc2)CC1. The van der Waals surface area contributed by atoms with Crippen LogP contribution in [0.25, 0.3) is 0 Å². The summed E-state index contributed by atoms with van der Waals surface area (Å²) in [5.41, 5.74) is 7.54. The van der Waals surface area contributed by atoms with E-state index in [1.165, 1.54) is 0 Å². The molecule has 2 heterocycles. The first-order chi connectivity index (χ1) is 14.6. The molecule has 3 N–H and O–H groups in total. The van der Waals surface area contributed by atoms with Crippen molar-refractivity contribution in [1.29, 1.82) is 0 Å². The highest BCUT2D eigenvalue weighted by Crippen LogP contribution is 2.22. The first kappa shape index (κ1) is 19.8. The van der Waals surface area contributed by atoms with E-state index in [0.29, 0.717) is 24.9 Å². The van der Waals surface area contributed by atoms with Gasteiger partial charge in [0.05, 0.1) is 6.04 Å². The maximum Gasteiger partial charge on any atom is 0.253 e. The molecule has 8 heteroatoms. The molecule has 1 aromatic heterocycles. The molecule has 3 aromatic rings. The fourth-order valence-electron chi connectivity index (χ4n) is 3.54. The largest absolute Gasteiger partial charge is 0.368 e. The highest BCUT2D eigenvalue weighted by atomic mass is 16.2. The van der Waals surface area contributed by atoms with Crippen LogP contribution in [0.1, 0.15) is 29.1 Å². The predicted molar refractivity (Wildman–Crippen MR) is 116 cm³/mol. The van der Waals surface area contributed by atoms with Crippen LogP contribution in [0.15, 0.2) is 60.7 Å². The molecule has 154 valence electrons. The van der Waals surface area contributed by atoms with Gasteiger partial charge in [-0.15, -0.1) is 0 Å². The van der Waals surface area contributed by atoms with Gasteiger partial charge in [0, 0.05) is 37.4 Å². The van der Waals surface area contributed by atoms with Crippen molar-refractivity contribution < 1.29 is 4.79 Å². The average molecular weight is 403 g/mol. The Morgan fingerprint density at radius 2 is 1.57 bits per heavy atom. The fraction of sp³-hybridized carbons (Fsp3) is 0.273. The normalized spacial score (nSPS) is 15.6. The number of piperazine rings is 1. The summed E-state index contributed by atoms with van der Waals surface area (Å²) < 4.78 is 0. The summed E-state index contributed by atoms with van der Waals surface area (Å²) in [6, 6.07) is 19.0. The van der Waals surface area contributed by atoms with E-state index in [4.69, 9.17) is 5.73 Å². The third-order valence-corrected chi connectivity index (χ3v) is 5.24. The van der Waals surface area contributed by atoms with E-state index in [1.807, 2.05) is 65.6 Å². The number of nitrogens with one attached hydrogen (secondary N) is 1. The summed E-state index contributed by atoms with van der Waals surface area (Å²) in [6.07, 6.45) is 0. The van der Waals surface area contributed by atoms with Crippen LogP contribution < -0.4 is 11.1 Å². The zero-order valence-corrected chi connectivity index (χ0v) is 16.9. The Morgan fingerprint density at radius 1 is 0.933 bits per heavy atom. The number of nitrogen functional groups attached to an aromatic ring is 1. The number of rotatable bonds is 5. The van der Waals surface area contributed by atoms with Gasteiger partial charge in [0.15, 0.2) is 5.82 Å². The van der Waals surface area contributed by atoms with Crippen LogP contribution in [-0.2, 0) is 0 Å². The smallest absolute Gasteiger partial charge is 0.253 e. The van der Waals surface area contributed by atoms with Gasteiger partial charge in [-0.3, -0.25) is 9.69 Å². The number of amides is 1. The summed E-state index contributed by atoms with van der Waals surface area (Å²) in [7, 11) is 0.